The van der Waals surface area contributed by atoms with E-state index < -0.39 is 42.5 Å². The van der Waals surface area contributed by atoms with Crippen molar-refractivity contribution in [3.63, 3.8) is 0 Å². The van der Waals surface area contributed by atoms with Gasteiger partial charge in [0.2, 0.25) is 0 Å². The molecule has 6 atom stereocenters. The first-order chi connectivity index (χ1) is 17.8. The molecule has 3 N–H and O–H groups in total. The standard InChI is InChI=1S/C28H26O9/c1-34-27-25(32)24(31)26-21(36-27)15-35-28(33,37-26)18-12-13-19(22(29)16-8-4-2-5-9-16)20(14-18)23(30)17-10-6-3-7-11-17/h2-14,21,24-27,31-33H,15H2,1H3/t21-,24-,25-,26-,27+,28?/m1/s1. The summed E-state index contributed by atoms with van der Waals surface area (Å²) in [6.45, 7) is -0.197. The molecule has 0 amide bonds. The van der Waals surface area contributed by atoms with Gasteiger partial charge in [-0.2, -0.15) is 0 Å². The normalized spacial score (nSPS) is 29.4. The van der Waals surface area contributed by atoms with E-state index in [1.165, 1.54) is 25.3 Å². The molecule has 2 aliphatic rings. The van der Waals surface area contributed by atoms with E-state index in [9.17, 15) is 24.9 Å². The molecule has 2 heterocycles. The van der Waals surface area contributed by atoms with Gasteiger partial charge in [0.1, 0.15) is 24.4 Å². The third kappa shape index (κ3) is 4.74. The average Bonchev–Trinajstić information content (AvgIpc) is 2.95. The molecule has 1 unspecified atom stereocenters. The van der Waals surface area contributed by atoms with Crippen LogP contribution in [0.1, 0.15) is 37.4 Å². The van der Waals surface area contributed by atoms with Crippen LogP contribution in [0, 0.1) is 0 Å². The fourth-order valence-electron chi connectivity index (χ4n) is 4.56. The number of ketones is 2. The van der Waals surface area contributed by atoms with Gasteiger partial charge in [-0.15, -0.1) is 0 Å². The van der Waals surface area contributed by atoms with Crippen LogP contribution in [0.4, 0.5) is 0 Å². The van der Waals surface area contributed by atoms with E-state index in [2.05, 4.69) is 0 Å². The summed E-state index contributed by atoms with van der Waals surface area (Å²) in [7, 11) is 1.32. The molecule has 0 bridgehead atoms. The Balaban J connectivity index is 1.53. The quantitative estimate of drug-likeness (QED) is 0.428. The first-order valence-electron chi connectivity index (χ1n) is 11.7. The van der Waals surface area contributed by atoms with Gasteiger partial charge in [0, 0.05) is 34.9 Å². The number of aliphatic hydroxyl groups excluding tert-OH is 2. The average molecular weight is 507 g/mol. The number of ether oxygens (including phenoxy) is 4. The van der Waals surface area contributed by atoms with Crippen molar-refractivity contribution in [2.24, 2.45) is 0 Å². The van der Waals surface area contributed by atoms with Crippen molar-refractivity contribution in [1.82, 2.24) is 0 Å². The molecule has 0 aromatic heterocycles. The zero-order valence-corrected chi connectivity index (χ0v) is 19.9. The second kappa shape index (κ2) is 10.2. The smallest absolute Gasteiger partial charge is 0.310 e. The second-order valence-corrected chi connectivity index (χ2v) is 8.89. The Kier molecular flexibility index (Phi) is 7.02. The topological polar surface area (TPSA) is 132 Å². The van der Waals surface area contributed by atoms with Crippen molar-refractivity contribution in [2.75, 3.05) is 13.7 Å². The van der Waals surface area contributed by atoms with Crippen LogP contribution in [0.2, 0.25) is 0 Å². The highest BCUT2D eigenvalue weighted by atomic mass is 16.8. The minimum absolute atomic E-state index is 0.0328. The van der Waals surface area contributed by atoms with E-state index in [4.69, 9.17) is 18.9 Å². The summed E-state index contributed by atoms with van der Waals surface area (Å²) in [5.74, 6) is -3.18. The van der Waals surface area contributed by atoms with Crippen LogP contribution in [-0.4, -0.2) is 71.3 Å². The first-order valence-corrected chi connectivity index (χ1v) is 11.7. The fraction of sp³-hybridized carbons (Fsp3) is 0.286. The van der Waals surface area contributed by atoms with Gasteiger partial charge < -0.3 is 34.3 Å². The number of benzene rings is 3. The minimum atomic E-state index is -2.38. The maximum atomic E-state index is 13.5. The highest BCUT2D eigenvalue weighted by molar-refractivity contribution is 6.19. The highest BCUT2D eigenvalue weighted by Crippen LogP contribution is 2.38. The largest absolute Gasteiger partial charge is 0.387 e. The predicted octanol–water partition coefficient (Wildman–Crippen LogP) is 1.76. The molecule has 3 aromatic rings. The van der Waals surface area contributed by atoms with Gasteiger partial charge in [-0.05, 0) is 12.1 Å². The van der Waals surface area contributed by atoms with Gasteiger partial charge in [-0.3, -0.25) is 9.59 Å². The molecule has 5 rings (SSSR count). The lowest BCUT2D eigenvalue weighted by Crippen LogP contribution is -2.64. The molecule has 0 spiro atoms. The van der Waals surface area contributed by atoms with E-state index in [0.29, 0.717) is 11.1 Å². The van der Waals surface area contributed by atoms with Crippen LogP contribution in [-0.2, 0) is 24.9 Å². The number of rotatable bonds is 6. The van der Waals surface area contributed by atoms with Crippen molar-refractivity contribution < 1.29 is 43.9 Å². The molecule has 2 fully saturated rings. The molecular weight excluding hydrogens is 480 g/mol. The minimum Gasteiger partial charge on any atom is -0.387 e. The molecule has 0 aliphatic carbocycles. The molecule has 192 valence electrons. The van der Waals surface area contributed by atoms with Gasteiger partial charge in [0.05, 0.1) is 6.61 Å². The summed E-state index contributed by atoms with van der Waals surface area (Å²) in [4.78, 5) is 26.8. The molecule has 37 heavy (non-hydrogen) atoms. The molecule has 2 saturated heterocycles. The van der Waals surface area contributed by atoms with Crippen molar-refractivity contribution in [1.29, 1.82) is 0 Å². The lowest BCUT2D eigenvalue weighted by Gasteiger charge is -2.48. The summed E-state index contributed by atoms with van der Waals surface area (Å²) in [5, 5.41) is 32.2. The van der Waals surface area contributed by atoms with Gasteiger partial charge in [0.15, 0.2) is 17.9 Å². The van der Waals surface area contributed by atoms with Crippen LogP contribution in [0.25, 0.3) is 0 Å². The lowest BCUT2D eigenvalue weighted by molar-refractivity contribution is -0.458. The van der Waals surface area contributed by atoms with Crippen molar-refractivity contribution >= 4 is 11.6 Å². The Morgan fingerprint density at radius 2 is 1.46 bits per heavy atom. The molecule has 0 radical (unpaired) electrons. The summed E-state index contributed by atoms with van der Waals surface area (Å²) in [6, 6.07) is 21.2. The van der Waals surface area contributed by atoms with Crippen molar-refractivity contribution in [2.45, 2.75) is 36.7 Å². The Morgan fingerprint density at radius 1 is 0.865 bits per heavy atom. The Labute approximate surface area is 212 Å². The van der Waals surface area contributed by atoms with Crippen LogP contribution >= 0.6 is 0 Å². The van der Waals surface area contributed by atoms with Gasteiger partial charge in [-0.25, -0.2) is 0 Å². The summed E-state index contributed by atoms with van der Waals surface area (Å²) >= 11 is 0. The number of carbonyl (C=O) groups excluding carboxylic acids is 2. The summed E-state index contributed by atoms with van der Waals surface area (Å²) in [5.41, 5.74) is 0.962. The van der Waals surface area contributed by atoms with Gasteiger partial charge in [-0.1, -0.05) is 66.7 Å². The number of carbonyl (C=O) groups is 2. The second-order valence-electron chi connectivity index (χ2n) is 8.89. The lowest BCUT2D eigenvalue weighted by atomic mass is 9.91. The van der Waals surface area contributed by atoms with Gasteiger partial charge in [0.25, 0.3) is 0 Å². The maximum absolute atomic E-state index is 13.5. The molecule has 9 heteroatoms. The predicted molar refractivity (Wildman–Crippen MR) is 129 cm³/mol. The van der Waals surface area contributed by atoms with Gasteiger partial charge >= 0.3 is 5.97 Å². The van der Waals surface area contributed by atoms with Crippen molar-refractivity contribution in [3.05, 3.63) is 107 Å². The molecular formula is C28H26O9. The first kappa shape index (κ1) is 25.4. The van der Waals surface area contributed by atoms with E-state index in [0.717, 1.165) is 0 Å². The van der Waals surface area contributed by atoms with Crippen LogP contribution in [0.3, 0.4) is 0 Å². The summed E-state index contributed by atoms with van der Waals surface area (Å²) < 4.78 is 21.9. The molecule has 3 aromatic carbocycles. The summed E-state index contributed by atoms with van der Waals surface area (Å²) in [6.07, 6.45) is -5.93. The Morgan fingerprint density at radius 3 is 2.05 bits per heavy atom. The molecule has 0 saturated carbocycles. The number of hydrogen-bond donors (Lipinski definition) is 3. The number of methoxy groups -OCH3 is 1. The van der Waals surface area contributed by atoms with Crippen molar-refractivity contribution in [3.8, 4) is 0 Å². The Hall–Kier alpha value is -3.28. The third-order valence-electron chi connectivity index (χ3n) is 6.56. The van der Waals surface area contributed by atoms with Crippen LogP contribution in [0.5, 0.6) is 0 Å². The SMILES string of the molecule is CO[C@H]1O[C@@H]2COC(O)(c3ccc(C(=O)c4ccccc4)c(C(=O)c4ccccc4)c3)O[C@H]2[C@H](O)[C@H]1O. The van der Waals surface area contributed by atoms with Crippen LogP contribution in [0.15, 0.2) is 78.9 Å². The monoisotopic (exact) mass is 506 g/mol. The molecule has 9 nitrogen and oxygen atoms in total. The van der Waals surface area contributed by atoms with E-state index in [-0.39, 0.29) is 29.1 Å². The fourth-order valence-corrected chi connectivity index (χ4v) is 4.56. The zero-order chi connectivity index (χ0) is 26.2. The van der Waals surface area contributed by atoms with Crippen LogP contribution < -0.4 is 0 Å². The Bertz CT molecular complexity index is 1280. The van der Waals surface area contributed by atoms with E-state index in [1.54, 1.807) is 60.7 Å². The molecule has 2 aliphatic heterocycles. The highest BCUT2D eigenvalue weighted by Gasteiger charge is 2.53. The third-order valence-corrected chi connectivity index (χ3v) is 6.56. The zero-order valence-electron chi connectivity index (χ0n) is 19.9. The number of aliphatic hydroxyl groups is 3. The van der Waals surface area contributed by atoms with E-state index >= 15 is 0 Å². The van der Waals surface area contributed by atoms with E-state index in [1.807, 2.05) is 0 Å². The number of fused-ring (bicyclic) bond motifs is 1. The number of hydrogen-bond acceptors (Lipinski definition) is 9. The maximum Gasteiger partial charge on any atom is 0.310 e.